The zero-order valence-corrected chi connectivity index (χ0v) is 21.6. The van der Waals surface area contributed by atoms with E-state index in [-0.39, 0.29) is 6.61 Å². The lowest BCUT2D eigenvalue weighted by molar-refractivity contribution is 0.0285. The lowest BCUT2D eigenvalue weighted by Crippen LogP contribution is -2.47. The largest absolute Gasteiger partial charge is 0.491 e. The second kappa shape index (κ2) is 13.3. The van der Waals surface area contributed by atoms with E-state index in [1.54, 1.807) is 44.2 Å². The number of nitrogens with zero attached hydrogens (tertiary/aromatic N) is 3. The van der Waals surface area contributed by atoms with Crippen LogP contribution in [0, 0.1) is 11.3 Å². The number of aliphatic hydroxyl groups excluding tert-OH is 1. The van der Waals surface area contributed by atoms with Crippen LogP contribution in [0.3, 0.4) is 0 Å². The van der Waals surface area contributed by atoms with Crippen molar-refractivity contribution in [1.29, 1.82) is 5.26 Å². The fourth-order valence-corrected chi connectivity index (χ4v) is 4.07. The maximum absolute atomic E-state index is 10.5. The first kappa shape index (κ1) is 27.5. The SMILES string of the molecule is CC(C)(O)COc1ccc(N2CCN(CC(O)c3ccc(C#N)cc3)CC2)c(Cl)c1.c1ccccc1. The highest BCUT2D eigenvalue weighted by Gasteiger charge is 2.22. The number of piperazine rings is 1. The first-order valence-corrected chi connectivity index (χ1v) is 12.4. The van der Waals surface area contributed by atoms with Crippen molar-refractivity contribution in [2.45, 2.75) is 25.6 Å². The molecule has 4 rings (SSSR count). The van der Waals surface area contributed by atoms with Gasteiger partial charge < -0.3 is 19.8 Å². The Morgan fingerprint density at radius 2 is 1.56 bits per heavy atom. The number of benzene rings is 3. The fraction of sp³-hybridized carbons (Fsp3) is 0.345. The molecule has 3 aromatic carbocycles. The number of anilines is 1. The van der Waals surface area contributed by atoms with E-state index in [1.807, 2.05) is 48.5 Å². The Balaban J connectivity index is 0.000000526. The van der Waals surface area contributed by atoms with Gasteiger partial charge >= 0.3 is 0 Å². The molecule has 0 aliphatic carbocycles. The Morgan fingerprint density at radius 1 is 0.972 bits per heavy atom. The summed E-state index contributed by atoms with van der Waals surface area (Å²) in [5.41, 5.74) is 1.47. The van der Waals surface area contributed by atoms with Crippen LogP contribution in [-0.4, -0.2) is 60.0 Å². The first-order valence-electron chi connectivity index (χ1n) is 12.1. The van der Waals surface area contributed by atoms with Crippen molar-refractivity contribution in [2.24, 2.45) is 0 Å². The van der Waals surface area contributed by atoms with Crippen molar-refractivity contribution < 1.29 is 14.9 Å². The summed E-state index contributed by atoms with van der Waals surface area (Å²) in [6.45, 7) is 7.40. The van der Waals surface area contributed by atoms with Crippen LogP contribution in [0.25, 0.3) is 0 Å². The molecule has 0 spiro atoms. The molecule has 36 heavy (non-hydrogen) atoms. The van der Waals surface area contributed by atoms with Crippen molar-refractivity contribution in [3.63, 3.8) is 0 Å². The third-order valence-electron chi connectivity index (χ3n) is 5.75. The van der Waals surface area contributed by atoms with Crippen LogP contribution in [-0.2, 0) is 0 Å². The number of aliphatic hydroxyl groups is 2. The minimum absolute atomic E-state index is 0.197. The van der Waals surface area contributed by atoms with Gasteiger partial charge in [-0.15, -0.1) is 0 Å². The predicted octanol–water partition coefficient (Wildman–Crippen LogP) is 4.90. The Hall–Kier alpha value is -3.08. The van der Waals surface area contributed by atoms with Crippen molar-refractivity contribution >= 4 is 17.3 Å². The summed E-state index contributed by atoms with van der Waals surface area (Å²) in [6, 6.07) is 26.8. The van der Waals surface area contributed by atoms with Crippen molar-refractivity contribution in [3.05, 3.63) is 95.0 Å². The topological polar surface area (TPSA) is 80.0 Å². The van der Waals surface area contributed by atoms with E-state index >= 15 is 0 Å². The molecular weight excluding hydrogens is 474 g/mol. The molecule has 6 nitrogen and oxygen atoms in total. The fourth-order valence-electron chi connectivity index (χ4n) is 3.78. The normalized spacial score (nSPS) is 14.8. The van der Waals surface area contributed by atoms with Crippen LogP contribution in [0.2, 0.25) is 5.02 Å². The molecule has 7 heteroatoms. The second-order valence-electron chi connectivity index (χ2n) is 9.41. The van der Waals surface area contributed by atoms with E-state index < -0.39 is 11.7 Å². The molecule has 0 aromatic heterocycles. The second-order valence-corrected chi connectivity index (χ2v) is 9.81. The predicted molar refractivity (Wildman–Crippen MR) is 144 cm³/mol. The van der Waals surface area contributed by atoms with Gasteiger partial charge in [-0.2, -0.15) is 5.26 Å². The highest BCUT2D eigenvalue weighted by molar-refractivity contribution is 6.33. The van der Waals surface area contributed by atoms with Gasteiger partial charge in [0.1, 0.15) is 12.4 Å². The Morgan fingerprint density at radius 3 is 2.06 bits per heavy atom. The summed E-state index contributed by atoms with van der Waals surface area (Å²) < 4.78 is 5.60. The quantitative estimate of drug-likeness (QED) is 0.473. The molecule has 1 unspecified atom stereocenters. The smallest absolute Gasteiger partial charge is 0.121 e. The van der Waals surface area contributed by atoms with Crippen molar-refractivity contribution in [2.75, 3.05) is 44.2 Å². The van der Waals surface area contributed by atoms with Crippen LogP contribution in [0.1, 0.15) is 31.1 Å². The molecule has 1 aliphatic heterocycles. The molecule has 1 saturated heterocycles. The zero-order valence-electron chi connectivity index (χ0n) is 20.8. The summed E-state index contributed by atoms with van der Waals surface area (Å²) in [4.78, 5) is 4.46. The molecule has 0 bridgehead atoms. The number of hydrogen-bond donors (Lipinski definition) is 2. The van der Waals surface area contributed by atoms with Gasteiger partial charge in [0, 0.05) is 38.8 Å². The highest BCUT2D eigenvalue weighted by atomic mass is 35.5. The lowest BCUT2D eigenvalue weighted by Gasteiger charge is -2.37. The number of rotatable bonds is 7. The molecule has 2 N–H and O–H groups in total. The average Bonchev–Trinajstić information content (AvgIpc) is 2.89. The maximum atomic E-state index is 10.5. The van der Waals surface area contributed by atoms with E-state index in [4.69, 9.17) is 21.6 Å². The minimum Gasteiger partial charge on any atom is -0.491 e. The molecule has 1 aliphatic rings. The standard InChI is InChI=1S/C23H28ClN3O3.C6H6/c1-23(2,29)16-30-19-7-8-21(20(24)13-19)27-11-9-26(10-12-27)15-22(28)18-5-3-17(14-25)4-6-18;1-2-4-6-5-3-1/h3-8,13,22,28-29H,9-12,15-16H2,1-2H3;1-6H. The van der Waals surface area contributed by atoms with Crippen LogP contribution in [0.5, 0.6) is 5.75 Å². The van der Waals surface area contributed by atoms with Crippen LogP contribution < -0.4 is 9.64 Å². The molecule has 0 saturated carbocycles. The summed E-state index contributed by atoms with van der Waals surface area (Å²) in [5, 5.41) is 29.8. The van der Waals surface area contributed by atoms with Gasteiger partial charge in [0.15, 0.2) is 0 Å². The van der Waals surface area contributed by atoms with Gasteiger partial charge in [-0.25, -0.2) is 0 Å². The van der Waals surface area contributed by atoms with Gasteiger partial charge in [-0.1, -0.05) is 60.1 Å². The molecule has 1 heterocycles. The number of ether oxygens (including phenoxy) is 1. The van der Waals surface area contributed by atoms with E-state index in [0.717, 1.165) is 37.4 Å². The number of halogens is 1. The first-order chi connectivity index (χ1) is 17.2. The van der Waals surface area contributed by atoms with Gasteiger partial charge in [0.25, 0.3) is 0 Å². The summed E-state index contributed by atoms with van der Waals surface area (Å²) in [6.07, 6.45) is -0.583. The lowest BCUT2D eigenvalue weighted by atomic mass is 10.1. The Labute approximate surface area is 218 Å². The van der Waals surface area contributed by atoms with Crippen LogP contribution >= 0.6 is 11.6 Å². The Bertz CT molecular complexity index is 1080. The third-order valence-corrected chi connectivity index (χ3v) is 6.05. The van der Waals surface area contributed by atoms with Crippen LogP contribution in [0.15, 0.2) is 78.9 Å². The molecule has 3 aromatic rings. The molecule has 0 radical (unpaired) electrons. The van der Waals surface area contributed by atoms with Crippen molar-refractivity contribution in [1.82, 2.24) is 4.90 Å². The summed E-state index contributed by atoms with van der Waals surface area (Å²) in [7, 11) is 0. The number of β-amino-alcohol motifs (C(OH)–C–C–N with tert-alkyl or cyclic N) is 1. The third kappa shape index (κ3) is 8.85. The van der Waals surface area contributed by atoms with E-state index in [1.165, 1.54) is 0 Å². The van der Waals surface area contributed by atoms with Gasteiger partial charge in [-0.3, -0.25) is 4.90 Å². The molecule has 1 fully saturated rings. The van der Waals surface area contributed by atoms with Gasteiger partial charge in [0.05, 0.1) is 34.0 Å². The molecule has 0 amide bonds. The highest BCUT2D eigenvalue weighted by Crippen LogP contribution is 2.31. The summed E-state index contributed by atoms with van der Waals surface area (Å²) >= 11 is 6.48. The number of nitriles is 1. The minimum atomic E-state index is -0.899. The zero-order chi connectivity index (χ0) is 26.0. The molecule has 190 valence electrons. The number of hydrogen-bond acceptors (Lipinski definition) is 6. The van der Waals surface area contributed by atoms with E-state index in [2.05, 4.69) is 15.9 Å². The van der Waals surface area contributed by atoms with Crippen molar-refractivity contribution in [3.8, 4) is 11.8 Å². The molecule has 1 atom stereocenters. The molecular formula is C29H34ClN3O3. The van der Waals surface area contributed by atoms with E-state index in [0.29, 0.717) is 22.9 Å². The average molecular weight is 508 g/mol. The van der Waals surface area contributed by atoms with Crippen LogP contribution in [0.4, 0.5) is 5.69 Å². The van der Waals surface area contributed by atoms with Gasteiger partial charge in [-0.05, 0) is 43.7 Å². The monoisotopic (exact) mass is 507 g/mol. The maximum Gasteiger partial charge on any atom is 0.121 e. The Kier molecular flexibility index (Phi) is 10.2. The van der Waals surface area contributed by atoms with E-state index in [9.17, 15) is 10.2 Å². The van der Waals surface area contributed by atoms with Gasteiger partial charge in [0.2, 0.25) is 0 Å². The summed E-state index contributed by atoms with van der Waals surface area (Å²) in [5.74, 6) is 0.634.